The third-order valence-electron chi connectivity index (χ3n) is 1.96. The number of hydrogen-bond acceptors (Lipinski definition) is 3. The molecule has 1 rings (SSSR count). The Kier molecular flexibility index (Phi) is 4.56. The molecule has 0 radical (unpaired) electrons. The molecule has 1 heterocycles. The lowest BCUT2D eigenvalue weighted by molar-refractivity contribution is 0.0171. The van der Waals surface area contributed by atoms with E-state index < -0.39 is 0 Å². The second-order valence-electron chi connectivity index (χ2n) is 3.00. The van der Waals surface area contributed by atoms with Gasteiger partial charge in [-0.05, 0) is 19.3 Å². The summed E-state index contributed by atoms with van der Waals surface area (Å²) < 4.78 is 5.42. The summed E-state index contributed by atoms with van der Waals surface area (Å²) in [6, 6.07) is -0.323. The van der Waals surface area contributed by atoms with E-state index in [1.807, 2.05) is 0 Å². The van der Waals surface area contributed by atoms with Crippen molar-refractivity contribution in [3.8, 4) is 0 Å². The van der Waals surface area contributed by atoms with E-state index in [1.165, 1.54) is 13.5 Å². The van der Waals surface area contributed by atoms with Gasteiger partial charge in [0.25, 0.3) is 0 Å². The minimum atomic E-state index is -0.323. The highest BCUT2D eigenvalue weighted by atomic mass is 16.6. The molecule has 0 saturated carbocycles. The predicted molar refractivity (Wildman–Crippen MR) is 47.1 cm³/mol. The highest BCUT2D eigenvalue weighted by molar-refractivity contribution is 5.72. The monoisotopic (exact) mass is 188 g/mol. The third-order valence-corrected chi connectivity index (χ3v) is 1.96. The number of carbonyl (C=O) groups excluding carboxylic acids is 1. The third kappa shape index (κ3) is 4.10. The van der Waals surface area contributed by atoms with Crippen molar-refractivity contribution in [2.75, 3.05) is 20.3 Å². The maximum Gasteiger partial charge on any atom is 0.338 e. The van der Waals surface area contributed by atoms with E-state index in [0.29, 0.717) is 6.54 Å². The van der Waals surface area contributed by atoms with Crippen LogP contribution in [0.3, 0.4) is 0 Å². The van der Waals surface area contributed by atoms with E-state index in [1.54, 1.807) is 0 Å². The fourth-order valence-electron chi connectivity index (χ4n) is 1.30. The first-order valence-corrected chi connectivity index (χ1v) is 4.51. The molecule has 2 amide bonds. The number of carbonyl (C=O) groups is 1. The average Bonchev–Trinajstić information content (AvgIpc) is 2.17. The highest BCUT2D eigenvalue weighted by Gasteiger charge is 2.14. The Bertz CT molecular complexity index is 157. The zero-order chi connectivity index (χ0) is 9.52. The van der Waals surface area contributed by atoms with Gasteiger partial charge in [-0.3, -0.25) is 4.84 Å². The van der Waals surface area contributed by atoms with Crippen molar-refractivity contribution < 1.29 is 14.4 Å². The number of urea groups is 1. The SMILES string of the molecule is CONC(=O)NCC1CCCCO1. The van der Waals surface area contributed by atoms with Crippen molar-refractivity contribution in [2.24, 2.45) is 0 Å². The molecule has 0 bridgehead atoms. The largest absolute Gasteiger partial charge is 0.376 e. The fraction of sp³-hybridized carbons (Fsp3) is 0.875. The zero-order valence-corrected chi connectivity index (χ0v) is 7.84. The molecule has 76 valence electrons. The van der Waals surface area contributed by atoms with Gasteiger partial charge in [0.2, 0.25) is 0 Å². The molecule has 5 heteroatoms. The van der Waals surface area contributed by atoms with E-state index in [2.05, 4.69) is 15.6 Å². The second kappa shape index (κ2) is 5.77. The molecule has 1 saturated heterocycles. The molecule has 5 nitrogen and oxygen atoms in total. The van der Waals surface area contributed by atoms with Gasteiger partial charge in [0, 0.05) is 13.2 Å². The standard InChI is InChI=1S/C8H16N2O3/c1-12-10-8(11)9-6-7-4-2-3-5-13-7/h7H,2-6H2,1H3,(H2,9,10,11). The van der Waals surface area contributed by atoms with Gasteiger partial charge < -0.3 is 10.1 Å². The first kappa shape index (κ1) is 10.3. The Morgan fingerprint density at radius 2 is 2.46 bits per heavy atom. The molecule has 0 spiro atoms. The summed E-state index contributed by atoms with van der Waals surface area (Å²) in [6.45, 7) is 1.35. The van der Waals surface area contributed by atoms with Crippen LogP contribution < -0.4 is 10.8 Å². The summed E-state index contributed by atoms with van der Waals surface area (Å²) in [4.78, 5) is 15.3. The molecule has 1 aliphatic rings. The Hall–Kier alpha value is -0.810. The van der Waals surface area contributed by atoms with Crippen molar-refractivity contribution in [1.29, 1.82) is 0 Å². The van der Waals surface area contributed by atoms with Crippen LogP contribution in [0, 0.1) is 0 Å². The molecule has 0 aromatic carbocycles. The molecule has 1 fully saturated rings. The Morgan fingerprint density at radius 1 is 1.62 bits per heavy atom. The van der Waals surface area contributed by atoms with Gasteiger partial charge in [-0.2, -0.15) is 0 Å². The molecular weight excluding hydrogens is 172 g/mol. The normalized spacial score (nSPS) is 22.4. The minimum absolute atomic E-state index is 0.163. The quantitative estimate of drug-likeness (QED) is 0.631. The lowest BCUT2D eigenvalue weighted by Crippen LogP contribution is -2.40. The molecule has 0 aromatic rings. The van der Waals surface area contributed by atoms with Gasteiger partial charge in [0.15, 0.2) is 0 Å². The molecule has 0 aromatic heterocycles. The molecule has 1 unspecified atom stereocenters. The van der Waals surface area contributed by atoms with Crippen molar-refractivity contribution >= 4 is 6.03 Å². The summed E-state index contributed by atoms with van der Waals surface area (Å²) >= 11 is 0. The molecule has 1 atom stereocenters. The Labute approximate surface area is 77.7 Å². The van der Waals surface area contributed by atoms with Crippen molar-refractivity contribution in [2.45, 2.75) is 25.4 Å². The van der Waals surface area contributed by atoms with Gasteiger partial charge in [-0.15, -0.1) is 0 Å². The van der Waals surface area contributed by atoms with Crippen LogP contribution in [0.25, 0.3) is 0 Å². The van der Waals surface area contributed by atoms with Gasteiger partial charge in [0.1, 0.15) is 0 Å². The fourth-order valence-corrected chi connectivity index (χ4v) is 1.30. The number of hydroxylamine groups is 1. The van der Waals surface area contributed by atoms with Gasteiger partial charge in [-0.25, -0.2) is 10.3 Å². The Balaban J connectivity index is 2.06. The number of ether oxygens (including phenoxy) is 1. The van der Waals surface area contributed by atoms with Crippen molar-refractivity contribution in [3.63, 3.8) is 0 Å². The van der Waals surface area contributed by atoms with Gasteiger partial charge in [0.05, 0.1) is 13.2 Å². The van der Waals surface area contributed by atoms with Crippen LogP contribution in [0.15, 0.2) is 0 Å². The number of rotatable bonds is 3. The summed E-state index contributed by atoms with van der Waals surface area (Å²) in [7, 11) is 1.40. The van der Waals surface area contributed by atoms with E-state index in [0.717, 1.165) is 19.4 Å². The van der Waals surface area contributed by atoms with Crippen LogP contribution in [0.2, 0.25) is 0 Å². The van der Waals surface area contributed by atoms with Gasteiger partial charge >= 0.3 is 6.03 Å². The second-order valence-corrected chi connectivity index (χ2v) is 3.00. The molecule has 13 heavy (non-hydrogen) atoms. The van der Waals surface area contributed by atoms with Crippen molar-refractivity contribution in [1.82, 2.24) is 10.8 Å². The molecular formula is C8H16N2O3. The van der Waals surface area contributed by atoms with E-state index >= 15 is 0 Å². The minimum Gasteiger partial charge on any atom is -0.376 e. The van der Waals surface area contributed by atoms with Crippen LogP contribution in [0.5, 0.6) is 0 Å². The van der Waals surface area contributed by atoms with E-state index in [-0.39, 0.29) is 12.1 Å². The number of hydrogen-bond donors (Lipinski definition) is 2. The van der Waals surface area contributed by atoms with Crippen LogP contribution in [0.4, 0.5) is 4.79 Å². The average molecular weight is 188 g/mol. The molecule has 2 N–H and O–H groups in total. The summed E-state index contributed by atoms with van der Waals surface area (Å²) in [5.74, 6) is 0. The van der Waals surface area contributed by atoms with E-state index in [9.17, 15) is 4.79 Å². The first-order valence-electron chi connectivity index (χ1n) is 4.51. The number of amides is 2. The summed E-state index contributed by atoms with van der Waals surface area (Å²) in [5.41, 5.74) is 2.18. The lowest BCUT2D eigenvalue weighted by Gasteiger charge is -2.22. The maximum absolute atomic E-state index is 10.9. The summed E-state index contributed by atoms with van der Waals surface area (Å²) in [6.07, 6.45) is 3.49. The van der Waals surface area contributed by atoms with E-state index in [4.69, 9.17) is 4.74 Å². The maximum atomic E-state index is 10.9. The predicted octanol–water partition coefficient (Wildman–Crippen LogP) is 0.416. The zero-order valence-electron chi connectivity index (χ0n) is 7.84. The summed E-state index contributed by atoms with van der Waals surface area (Å²) in [5, 5.41) is 2.65. The van der Waals surface area contributed by atoms with Crippen LogP contribution >= 0.6 is 0 Å². The highest BCUT2D eigenvalue weighted by Crippen LogP contribution is 2.11. The van der Waals surface area contributed by atoms with Crippen molar-refractivity contribution in [3.05, 3.63) is 0 Å². The molecule has 0 aliphatic carbocycles. The van der Waals surface area contributed by atoms with Crippen LogP contribution in [0.1, 0.15) is 19.3 Å². The Morgan fingerprint density at radius 3 is 3.08 bits per heavy atom. The topological polar surface area (TPSA) is 59.6 Å². The first-order chi connectivity index (χ1) is 6.33. The smallest absolute Gasteiger partial charge is 0.338 e. The van der Waals surface area contributed by atoms with Gasteiger partial charge in [-0.1, -0.05) is 0 Å². The van der Waals surface area contributed by atoms with Crippen LogP contribution in [-0.4, -0.2) is 32.4 Å². The van der Waals surface area contributed by atoms with Crippen LogP contribution in [-0.2, 0) is 9.57 Å². The number of nitrogens with one attached hydrogen (secondary N) is 2. The molecule has 1 aliphatic heterocycles. The lowest BCUT2D eigenvalue weighted by atomic mass is 10.1.